The minimum atomic E-state index is -0.157. The lowest BCUT2D eigenvalue weighted by Crippen LogP contribution is -2.54. The minimum Gasteiger partial charge on any atom is -0.368 e. The van der Waals surface area contributed by atoms with Crippen molar-refractivity contribution in [2.24, 2.45) is 0 Å². The van der Waals surface area contributed by atoms with Crippen LogP contribution in [-0.4, -0.2) is 49.2 Å². The zero-order chi connectivity index (χ0) is 9.97. The number of carbonyl (C=O) groups excluding carboxylic acids is 1. The molecule has 1 N–H and O–H groups in total. The normalized spacial score (nSPS) is 33.4. The van der Waals surface area contributed by atoms with Crippen LogP contribution in [0.25, 0.3) is 0 Å². The number of piperazine rings is 1. The summed E-state index contributed by atoms with van der Waals surface area (Å²) in [4.78, 5) is 13.9. The molecular weight excluding hydrogens is 180 g/mol. The third-order valence-corrected chi connectivity index (χ3v) is 2.99. The third kappa shape index (κ3) is 1.91. The number of ether oxygens (including phenoxy) is 1. The van der Waals surface area contributed by atoms with Crippen LogP contribution in [0, 0.1) is 0 Å². The molecule has 1 amide bonds. The van der Waals surface area contributed by atoms with Crippen molar-refractivity contribution in [3.05, 3.63) is 0 Å². The Labute approximate surface area is 84.6 Å². The largest absolute Gasteiger partial charge is 0.368 e. The highest BCUT2D eigenvalue weighted by atomic mass is 16.5. The van der Waals surface area contributed by atoms with Crippen LogP contribution in [0.2, 0.25) is 0 Å². The molecule has 2 saturated heterocycles. The van der Waals surface area contributed by atoms with Crippen molar-refractivity contribution < 1.29 is 9.53 Å². The standard InChI is InChI=1S/C10H18N2O2/c1-8-7-11-4-5-12(8)10(13)9-3-2-6-14-9/h8-9,11H,2-7H2,1H3/t8-,9+/m0/s1. The number of rotatable bonds is 1. The van der Waals surface area contributed by atoms with Gasteiger partial charge in [0.2, 0.25) is 0 Å². The highest BCUT2D eigenvalue weighted by Gasteiger charge is 2.31. The van der Waals surface area contributed by atoms with Gasteiger partial charge in [-0.15, -0.1) is 0 Å². The Morgan fingerprint density at radius 3 is 3.07 bits per heavy atom. The SMILES string of the molecule is C[C@H]1CNCCN1C(=O)[C@H]1CCCO1. The van der Waals surface area contributed by atoms with Crippen molar-refractivity contribution >= 4 is 5.91 Å². The zero-order valence-electron chi connectivity index (χ0n) is 8.66. The monoisotopic (exact) mass is 198 g/mol. The second-order valence-corrected chi connectivity index (χ2v) is 4.09. The molecule has 2 atom stereocenters. The van der Waals surface area contributed by atoms with Crippen molar-refractivity contribution in [1.29, 1.82) is 0 Å². The van der Waals surface area contributed by atoms with Gasteiger partial charge in [0.05, 0.1) is 0 Å². The van der Waals surface area contributed by atoms with E-state index in [0.717, 1.165) is 39.1 Å². The molecule has 0 spiro atoms. The first kappa shape index (κ1) is 9.93. The fourth-order valence-corrected chi connectivity index (χ4v) is 2.13. The molecule has 0 unspecified atom stereocenters. The Hall–Kier alpha value is -0.610. The number of hydrogen-bond donors (Lipinski definition) is 1. The van der Waals surface area contributed by atoms with Crippen LogP contribution >= 0.6 is 0 Å². The average Bonchev–Trinajstić information content (AvgIpc) is 2.70. The number of amides is 1. The Balaban J connectivity index is 1.94. The first-order chi connectivity index (χ1) is 6.79. The molecule has 0 aromatic rings. The zero-order valence-corrected chi connectivity index (χ0v) is 8.66. The summed E-state index contributed by atoms with van der Waals surface area (Å²) >= 11 is 0. The van der Waals surface area contributed by atoms with Gasteiger partial charge in [0.15, 0.2) is 0 Å². The van der Waals surface area contributed by atoms with Gasteiger partial charge in [0.25, 0.3) is 5.91 Å². The summed E-state index contributed by atoms with van der Waals surface area (Å²) in [6.07, 6.45) is 1.77. The fraction of sp³-hybridized carbons (Fsp3) is 0.900. The summed E-state index contributed by atoms with van der Waals surface area (Å²) in [5, 5.41) is 3.28. The van der Waals surface area contributed by atoms with Crippen molar-refractivity contribution in [1.82, 2.24) is 10.2 Å². The Kier molecular flexibility index (Phi) is 3.03. The average molecular weight is 198 g/mol. The summed E-state index contributed by atoms with van der Waals surface area (Å²) in [6, 6.07) is 0.306. The molecule has 0 aromatic heterocycles. The number of nitrogens with zero attached hydrogens (tertiary/aromatic N) is 1. The molecular formula is C10H18N2O2. The Morgan fingerprint density at radius 1 is 1.57 bits per heavy atom. The van der Waals surface area contributed by atoms with E-state index in [-0.39, 0.29) is 12.0 Å². The summed E-state index contributed by atoms with van der Waals surface area (Å²) < 4.78 is 5.40. The van der Waals surface area contributed by atoms with Crippen LogP contribution in [0.1, 0.15) is 19.8 Å². The summed E-state index contributed by atoms with van der Waals surface area (Å²) in [6.45, 7) is 5.46. The van der Waals surface area contributed by atoms with Gasteiger partial charge in [-0.2, -0.15) is 0 Å². The van der Waals surface area contributed by atoms with E-state index in [1.807, 2.05) is 4.90 Å². The van der Waals surface area contributed by atoms with Gasteiger partial charge < -0.3 is 15.0 Å². The van der Waals surface area contributed by atoms with Gasteiger partial charge in [0, 0.05) is 32.3 Å². The van der Waals surface area contributed by atoms with Crippen molar-refractivity contribution in [3.8, 4) is 0 Å². The molecule has 0 bridgehead atoms. The second kappa shape index (κ2) is 4.28. The van der Waals surface area contributed by atoms with Crippen molar-refractivity contribution in [3.63, 3.8) is 0 Å². The van der Waals surface area contributed by atoms with Crippen LogP contribution in [0.3, 0.4) is 0 Å². The maximum atomic E-state index is 12.0. The van der Waals surface area contributed by atoms with Gasteiger partial charge in [-0.05, 0) is 19.8 Å². The predicted molar refractivity (Wildman–Crippen MR) is 53.0 cm³/mol. The highest BCUT2D eigenvalue weighted by Crippen LogP contribution is 2.16. The van der Waals surface area contributed by atoms with Crippen LogP contribution in [0.4, 0.5) is 0 Å². The van der Waals surface area contributed by atoms with E-state index in [1.165, 1.54) is 0 Å². The lowest BCUT2D eigenvalue weighted by Gasteiger charge is -2.35. The summed E-state index contributed by atoms with van der Waals surface area (Å²) in [5.41, 5.74) is 0. The number of hydrogen-bond acceptors (Lipinski definition) is 3. The molecule has 2 aliphatic rings. The minimum absolute atomic E-state index is 0.157. The van der Waals surface area contributed by atoms with Gasteiger partial charge in [-0.1, -0.05) is 0 Å². The summed E-state index contributed by atoms with van der Waals surface area (Å²) in [7, 11) is 0. The Morgan fingerprint density at radius 2 is 2.43 bits per heavy atom. The van der Waals surface area contributed by atoms with E-state index in [0.29, 0.717) is 6.04 Å². The predicted octanol–water partition coefficient (Wildman–Crippen LogP) is -0.0143. The van der Waals surface area contributed by atoms with Crippen molar-refractivity contribution in [2.75, 3.05) is 26.2 Å². The molecule has 2 rings (SSSR count). The lowest BCUT2D eigenvalue weighted by molar-refractivity contribution is -0.143. The van der Waals surface area contributed by atoms with Gasteiger partial charge >= 0.3 is 0 Å². The first-order valence-corrected chi connectivity index (χ1v) is 5.42. The molecule has 0 radical (unpaired) electrons. The van der Waals surface area contributed by atoms with E-state index in [2.05, 4.69) is 12.2 Å². The first-order valence-electron chi connectivity index (χ1n) is 5.42. The molecule has 2 heterocycles. The fourth-order valence-electron chi connectivity index (χ4n) is 2.13. The van der Waals surface area contributed by atoms with Crippen LogP contribution in [0.5, 0.6) is 0 Å². The smallest absolute Gasteiger partial charge is 0.252 e. The van der Waals surface area contributed by atoms with E-state index in [4.69, 9.17) is 4.74 Å². The second-order valence-electron chi connectivity index (χ2n) is 4.09. The maximum Gasteiger partial charge on any atom is 0.252 e. The van der Waals surface area contributed by atoms with Crippen LogP contribution < -0.4 is 5.32 Å². The van der Waals surface area contributed by atoms with Crippen LogP contribution in [-0.2, 0) is 9.53 Å². The van der Waals surface area contributed by atoms with E-state index in [9.17, 15) is 4.79 Å². The number of carbonyl (C=O) groups is 1. The molecule has 0 aromatic carbocycles. The van der Waals surface area contributed by atoms with Crippen molar-refractivity contribution in [2.45, 2.75) is 31.9 Å². The van der Waals surface area contributed by atoms with Gasteiger partial charge in [-0.25, -0.2) is 0 Å². The molecule has 14 heavy (non-hydrogen) atoms. The summed E-state index contributed by atoms with van der Waals surface area (Å²) in [5.74, 6) is 0.191. The molecule has 2 aliphatic heterocycles. The molecule has 4 heteroatoms. The van der Waals surface area contributed by atoms with Gasteiger partial charge in [-0.3, -0.25) is 4.79 Å². The molecule has 0 saturated carbocycles. The van der Waals surface area contributed by atoms with Gasteiger partial charge in [0.1, 0.15) is 6.10 Å². The Bertz CT molecular complexity index is 214. The van der Waals surface area contributed by atoms with Crippen LogP contribution in [0.15, 0.2) is 0 Å². The van der Waals surface area contributed by atoms with E-state index < -0.39 is 0 Å². The molecule has 4 nitrogen and oxygen atoms in total. The lowest BCUT2D eigenvalue weighted by atomic mass is 10.1. The molecule has 80 valence electrons. The molecule has 2 fully saturated rings. The maximum absolute atomic E-state index is 12.0. The molecule has 0 aliphatic carbocycles. The quantitative estimate of drug-likeness (QED) is 0.644. The number of nitrogens with one attached hydrogen (secondary N) is 1. The van der Waals surface area contributed by atoms with E-state index in [1.54, 1.807) is 0 Å². The van der Waals surface area contributed by atoms with E-state index >= 15 is 0 Å². The third-order valence-electron chi connectivity index (χ3n) is 2.99. The topological polar surface area (TPSA) is 41.6 Å². The highest BCUT2D eigenvalue weighted by molar-refractivity contribution is 5.81.